The summed E-state index contributed by atoms with van der Waals surface area (Å²) in [7, 11) is 0. The van der Waals surface area contributed by atoms with Crippen molar-refractivity contribution in [2.45, 2.75) is 13.8 Å². The third kappa shape index (κ3) is 4.02. The molecule has 1 saturated heterocycles. The summed E-state index contributed by atoms with van der Waals surface area (Å²) in [5.74, 6) is 0. The zero-order valence-corrected chi connectivity index (χ0v) is 10.9. The van der Waals surface area contributed by atoms with Gasteiger partial charge in [-0.3, -0.25) is 4.90 Å². The minimum Gasteiger partial charge on any atom is -0.384 e. The predicted molar refractivity (Wildman–Crippen MR) is 73.7 cm³/mol. The van der Waals surface area contributed by atoms with Crippen molar-refractivity contribution in [3.63, 3.8) is 0 Å². The van der Waals surface area contributed by atoms with Gasteiger partial charge in [0.2, 0.25) is 0 Å². The van der Waals surface area contributed by atoms with E-state index in [1.807, 2.05) is 0 Å². The Bertz CT molecular complexity index is 336. The SMILES string of the molecule is Cc1cc(C)cc(NCCN2CCNCC2)c1. The Morgan fingerprint density at radius 3 is 2.41 bits per heavy atom. The molecule has 3 nitrogen and oxygen atoms in total. The first-order valence-corrected chi connectivity index (χ1v) is 6.49. The van der Waals surface area contributed by atoms with Crippen LogP contribution in [0.2, 0.25) is 0 Å². The predicted octanol–water partition coefficient (Wildman–Crippen LogP) is 1.62. The summed E-state index contributed by atoms with van der Waals surface area (Å²) in [6.45, 7) is 11.1. The van der Waals surface area contributed by atoms with Gasteiger partial charge in [0.25, 0.3) is 0 Å². The molecular weight excluding hydrogens is 210 g/mol. The molecule has 17 heavy (non-hydrogen) atoms. The summed E-state index contributed by atoms with van der Waals surface area (Å²) < 4.78 is 0. The van der Waals surface area contributed by atoms with Crippen LogP contribution in [0.1, 0.15) is 11.1 Å². The summed E-state index contributed by atoms with van der Waals surface area (Å²) in [5, 5.41) is 6.89. The zero-order chi connectivity index (χ0) is 12.1. The Morgan fingerprint density at radius 1 is 1.12 bits per heavy atom. The van der Waals surface area contributed by atoms with Gasteiger partial charge in [0.05, 0.1) is 0 Å². The van der Waals surface area contributed by atoms with E-state index in [-0.39, 0.29) is 0 Å². The number of nitrogens with zero attached hydrogens (tertiary/aromatic N) is 1. The first kappa shape index (κ1) is 12.4. The van der Waals surface area contributed by atoms with E-state index in [9.17, 15) is 0 Å². The lowest BCUT2D eigenvalue weighted by Crippen LogP contribution is -2.45. The van der Waals surface area contributed by atoms with Gasteiger partial charge in [-0.05, 0) is 37.1 Å². The van der Waals surface area contributed by atoms with Crippen LogP contribution in [0.4, 0.5) is 5.69 Å². The zero-order valence-electron chi connectivity index (χ0n) is 10.9. The summed E-state index contributed by atoms with van der Waals surface area (Å²) in [6.07, 6.45) is 0. The summed E-state index contributed by atoms with van der Waals surface area (Å²) in [5.41, 5.74) is 3.90. The molecule has 0 radical (unpaired) electrons. The number of rotatable bonds is 4. The van der Waals surface area contributed by atoms with E-state index in [1.165, 1.54) is 29.9 Å². The highest BCUT2D eigenvalue weighted by Crippen LogP contribution is 2.13. The summed E-state index contributed by atoms with van der Waals surface area (Å²) in [6, 6.07) is 6.64. The fraction of sp³-hybridized carbons (Fsp3) is 0.571. The van der Waals surface area contributed by atoms with Crippen LogP contribution in [0, 0.1) is 13.8 Å². The molecule has 1 aromatic carbocycles. The Labute approximate surface area is 104 Å². The minimum absolute atomic E-state index is 1.03. The smallest absolute Gasteiger partial charge is 0.0345 e. The summed E-state index contributed by atoms with van der Waals surface area (Å²) >= 11 is 0. The lowest BCUT2D eigenvalue weighted by molar-refractivity contribution is 0.249. The van der Waals surface area contributed by atoms with Crippen LogP contribution in [0.15, 0.2) is 18.2 Å². The molecule has 2 N–H and O–H groups in total. The van der Waals surface area contributed by atoms with E-state index >= 15 is 0 Å². The molecule has 0 amide bonds. The minimum atomic E-state index is 1.03. The molecule has 1 aromatic rings. The first-order valence-electron chi connectivity index (χ1n) is 6.49. The molecule has 1 heterocycles. The number of anilines is 1. The van der Waals surface area contributed by atoms with Gasteiger partial charge < -0.3 is 10.6 Å². The van der Waals surface area contributed by atoms with E-state index in [2.05, 4.69) is 47.6 Å². The number of aryl methyl sites for hydroxylation is 2. The molecule has 1 aliphatic heterocycles. The van der Waals surface area contributed by atoms with Crippen LogP contribution in [-0.2, 0) is 0 Å². The molecule has 94 valence electrons. The fourth-order valence-corrected chi connectivity index (χ4v) is 2.37. The molecule has 0 bridgehead atoms. The highest BCUT2D eigenvalue weighted by molar-refractivity contribution is 5.48. The van der Waals surface area contributed by atoms with Gasteiger partial charge in [0.1, 0.15) is 0 Å². The molecule has 0 saturated carbocycles. The van der Waals surface area contributed by atoms with Crippen molar-refractivity contribution in [2.75, 3.05) is 44.6 Å². The molecule has 0 unspecified atom stereocenters. The first-order chi connectivity index (χ1) is 8.24. The van der Waals surface area contributed by atoms with Crippen LogP contribution in [0.5, 0.6) is 0 Å². The normalized spacial score (nSPS) is 17.1. The number of hydrogen-bond acceptors (Lipinski definition) is 3. The Kier molecular flexibility index (Phi) is 4.40. The van der Waals surface area contributed by atoms with E-state index in [0.29, 0.717) is 0 Å². The van der Waals surface area contributed by atoms with Gasteiger partial charge >= 0.3 is 0 Å². The van der Waals surface area contributed by atoms with Gasteiger partial charge in [-0.1, -0.05) is 6.07 Å². The molecule has 3 heteroatoms. The molecule has 0 aliphatic carbocycles. The van der Waals surface area contributed by atoms with Gasteiger partial charge in [0.15, 0.2) is 0 Å². The molecule has 1 aliphatic rings. The third-order valence-electron chi connectivity index (χ3n) is 3.19. The van der Waals surface area contributed by atoms with Gasteiger partial charge in [0, 0.05) is 45.0 Å². The second kappa shape index (κ2) is 6.03. The van der Waals surface area contributed by atoms with Gasteiger partial charge in [-0.2, -0.15) is 0 Å². The molecule has 2 rings (SSSR count). The molecular formula is C14H23N3. The monoisotopic (exact) mass is 233 g/mol. The van der Waals surface area contributed by atoms with E-state index in [4.69, 9.17) is 0 Å². The molecule has 1 fully saturated rings. The van der Waals surface area contributed by atoms with Crippen LogP contribution in [0.25, 0.3) is 0 Å². The lowest BCUT2D eigenvalue weighted by Gasteiger charge is -2.27. The Morgan fingerprint density at radius 2 is 1.76 bits per heavy atom. The standard InChI is InChI=1S/C14H23N3/c1-12-9-13(2)11-14(10-12)16-5-8-17-6-3-15-4-7-17/h9-11,15-16H,3-8H2,1-2H3. The van der Waals surface area contributed by atoms with E-state index in [0.717, 1.165) is 26.2 Å². The maximum Gasteiger partial charge on any atom is 0.0345 e. The van der Waals surface area contributed by atoms with E-state index < -0.39 is 0 Å². The van der Waals surface area contributed by atoms with Crippen LogP contribution in [0.3, 0.4) is 0 Å². The maximum absolute atomic E-state index is 3.51. The van der Waals surface area contributed by atoms with Crippen molar-refractivity contribution in [3.8, 4) is 0 Å². The number of hydrogen-bond donors (Lipinski definition) is 2. The molecule has 0 aromatic heterocycles. The number of nitrogens with one attached hydrogen (secondary N) is 2. The summed E-state index contributed by atoms with van der Waals surface area (Å²) in [4.78, 5) is 2.51. The second-order valence-corrected chi connectivity index (χ2v) is 4.89. The lowest BCUT2D eigenvalue weighted by atomic mass is 10.1. The average Bonchev–Trinajstić information content (AvgIpc) is 2.29. The average molecular weight is 233 g/mol. The number of piperazine rings is 1. The van der Waals surface area contributed by atoms with Crippen LogP contribution >= 0.6 is 0 Å². The van der Waals surface area contributed by atoms with Crippen molar-refractivity contribution in [1.29, 1.82) is 0 Å². The Hall–Kier alpha value is -1.06. The maximum atomic E-state index is 3.51. The van der Waals surface area contributed by atoms with Crippen molar-refractivity contribution >= 4 is 5.69 Å². The Balaban J connectivity index is 1.77. The van der Waals surface area contributed by atoms with Crippen molar-refractivity contribution in [2.24, 2.45) is 0 Å². The van der Waals surface area contributed by atoms with Gasteiger partial charge in [-0.25, -0.2) is 0 Å². The quantitative estimate of drug-likeness (QED) is 0.827. The highest BCUT2D eigenvalue weighted by Gasteiger charge is 2.08. The van der Waals surface area contributed by atoms with Crippen molar-refractivity contribution < 1.29 is 0 Å². The second-order valence-electron chi connectivity index (χ2n) is 4.89. The van der Waals surface area contributed by atoms with Crippen LogP contribution < -0.4 is 10.6 Å². The fourth-order valence-electron chi connectivity index (χ4n) is 2.37. The van der Waals surface area contributed by atoms with Gasteiger partial charge in [-0.15, -0.1) is 0 Å². The molecule has 0 atom stereocenters. The largest absolute Gasteiger partial charge is 0.384 e. The number of benzene rings is 1. The van der Waals surface area contributed by atoms with E-state index in [1.54, 1.807) is 0 Å². The topological polar surface area (TPSA) is 27.3 Å². The third-order valence-corrected chi connectivity index (χ3v) is 3.19. The highest BCUT2D eigenvalue weighted by atomic mass is 15.2. The van der Waals surface area contributed by atoms with Crippen molar-refractivity contribution in [3.05, 3.63) is 29.3 Å². The molecule has 0 spiro atoms. The van der Waals surface area contributed by atoms with Crippen molar-refractivity contribution in [1.82, 2.24) is 10.2 Å². The van der Waals surface area contributed by atoms with Crippen LogP contribution in [-0.4, -0.2) is 44.2 Å².